The van der Waals surface area contributed by atoms with Crippen LogP contribution in [0.5, 0.6) is 0 Å². The Morgan fingerprint density at radius 1 is 1.12 bits per heavy atom. The summed E-state index contributed by atoms with van der Waals surface area (Å²) in [7, 11) is -3.94. The van der Waals surface area contributed by atoms with E-state index in [4.69, 9.17) is 27.9 Å². The number of nitrogens with one attached hydrogen (secondary N) is 1. The molecule has 3 fully saturated rings. The molecule has 0 aromatic rings. The molecular formula is C15H27NO8S. The standard InChI is InChI=1S/C15H27NO8S/c1-9(2)16-25(17,18)20-8-15-12(23-14(5,6)24-15)11-10(7-19-15)21-13(3,4)22-11/h9-12,16H,7-8H2,1-6H3/t10-,11-,12+,15+/m1/s1. The first-order valence-corrected chi connectivity index (χ1v) is 9.78. The smallest absolute Gasteiger partial charge is 0.336 e. The highest BCUT2D eigenvalue weighted by Crippen LogP contribution is 2.47. The van der Waals surface area contributed by atoms with Crippen molar-refractivity contribution >= 4 is 10.3 Å². The molecule has 1 N–H and O–H groups in total. The average Bonchev–Trinajstić information content (AvgIpc) is 2.87. The van der Waals surface area contributed by atoms with Crippen molar-refractivity contribution < 1.29 is 36.3 Å². The van der Waals surface area contributed by atoms with E-state index in [9.17, 15) is 8.42 Å². The van der Waals surface area contributed by atoms with Gasteiger partial charge in [-0.2, -0.15) is 13.1 Å². The molecule has 3 aliphatic heterocycles. The highest BCUT2D eigenvalue weighted by atomic mass is 32.2. The summed E-state index contributed by atoms with van der Waals surface area (Å²) in [6.07, 6.45) is -1.46. The summed E-state index contributed by atoms with van der Waals surface area (Å²) in [5.74, 6) is -3.15. The van der Waals surface area contributed by atoms with Gasteiger partial charge in [0.15, 0.2) is 11.6 Å². The van der Waals surface area contributed by atoms with Gasteiger partial charge < -0.3 is 23.7 Å². The molecule has 0 radical (unpaired) electrons. The third kappa shape index (κ3) is 4.01. The Bertz CT molecular complexity index is 619. The molecule has 25 heavy (non-hydrogen) atoms. The highest BCUT2D eigenvalue weighted by molar-refractivity contribution is 7.84. The summed E-state index contributed by atoms with van der Waals surface area (Å²) in [6, 6.07) is -0.292. The Balaban J connectivity index is 1.80. The monoisotopic (exact) mass is 381 g/mol. The first-order chi connectivity index (χ1) is 11.3. The minimum atomic E-state index is -3.94. The Hall–Kier alpha value is -0.330. The molecule has 146 valence electrons. The molecule has 0 saturated carbocycles. The molecular weight excluding hydrogens is 354 g/mol. The van der Waals surface area contributed by atoms with Crippen LogP contribution in [0.4, 0.5) is 0 Å². The van der Waals surface area contributed by atoms with Crippen LogP contribution in [0.1, 0.15) is 41.5 Å². The van der Waals surface area contributed by atoms with Crippen molar-refractivity contribution in [3.63, 3.8) is 0 Å². The van der Waals surface area contributed by atoms with Crippen LogP contribution in [0.3, 0.4) is 0 Å². The lowest BCUT2D eigenvalue weighted by atomic mass is 9.98. The van der Waals surface area contributed by atoms with Crippen molar-refractivity contribution in [2.75, 3.05) is 13.2 Å². The number of hydrogen-bond donors (Lipinski definition) is 1. The van der Waals surface area contributed by atoms with Crippen LogP contribution < -0.4 is 4.72 Å². The molecule has 0 amide bonds. The summed E-state index contributed by atoms with van der Waals surface area (Å²) >= 11 is 0. The van der Waals surface area contributed by atoms with Gasteiger partial charge in [-0.1, -0.05) is 0 Å². The van der Waals surface area contributed by atoms with Crippen molar-refractivity contribution in [1.82, 2.24) is 4.72 Å². The zero-order chi connectivity index (χ0) is 18.7. The lowest BCUT2D eigenvalue weighted by Crippen LogP contribution is -2.60. The zero-order valence-corrected chi connectivity index (χ0v) is 16.2. The van der Waals surface area contributed by atoms with Crippen LogP contribution in [0.25, 0.3) is 0 Å². The molecule has 0 aliphatic carbocycles. The van der Waals surface area contributed by atoms with E-state index in [0.29, 0.717) is 0 Å². The molecule has 0 spiro atoms. The van der Waals surface area contributed by atoms with Crippen molar-refractivity contribution in [3.8, 4) is 0 Å². The maximum atomic E-state index is 12.0. The van der Waals surface area contributed by atoms with Crippen molar-refractivity contribution in [2.45, 2.75) is 83.3 Å². The van der Waals surface area contributed by atoms with Crippen LogP contribution in [0.2, 0.25) is 0 Å². The molecule has 10 heteroatoms. The third-order valence-electron chi connectivity index (χ3n) is 4.07. The minimum Gasteiger partial charge on any atom is -0.343 e. The fraction of sp³-hybridized carbons (Fsp3) is 1.00. The second kappa shape index (κ2) is 6.10. The van der Waals surface area contributed by atoms with Crippen LogP contribution in [-0.4, -0.2) is 63.3 Å². The summed E-state index contributed by atoms with van der Waals surface area (Å²) in [4.78, 5) is 0. The fourth-order valence-corrected chi connectivity index (χ4v) is 4.39. The lowest BCUT2D eigenvalue weighted by Gasteiger charge is -2.40. The Kier molecular flexibility index (Phi) is 4.74. The van der Waals surface area contributed by atoms with Crippen molar-refractivity contribution in [3.05, 3.63) is 0 Å². The lowest BCUT2D eigenvalue weighted by molar-refractivity contribution is -0.290. The van der Waals surface area contributed by atoms with E-state index in [1.807, 2.05) is 13.8 Å². The van der Waals surface area contributed by atoms with E-state index in [2.05, 4.69) is 4.72 Å². The van der Waals surface area contributed by atoms with E-state index in [1.54, 1.807) is 27.7 Å². The predicted octanol–water partition coefficient (Wildman–Crippen LogP) is 0.644. The quantitative estimate of drug-likeness (QED) is 0.740. The zero-order valence-electron chi connectivity index (χ0n) is 15.4. The number of fused-ring (bicyclic) bond motifs is 3. The molecule has 0 aromatic carbocycles. The average molecular weight is 381 g/mol. The topological polar surface area (TPSA) is 102 Å². The normalized spacial score (nSPS) is 39.4. The maximum Gasteiger partial charge on any atom is 0.336 e. The maximum absolute atomic E-state index is 12.0. The second-order valence-corrected chi connectivity index (χ2v) is 9.17. The van der Waals surface area contributed by atoms with Gasteiger partial charge in [0, 0.05) is 6.04 Å². The number of hydrogen-bond acceptors (Lipinski definition) is 8. The van der Waals surface area contributed by atoms with Gasteiger partial charge in [0.25, 0.3) is 0 Å². The van der Waals surface area contributed by atoms with Crippen molar-refractivity contribution in [1.29, 1.82) is 0 Å². The van der Waals surface area contributed by atoms with E-state index in [1.165, 1.54) is 0 Å². The second-order valence-electron chi connectivity index (χ2n) is 7.79. The van der Waals surface area contributed by atoms with Gasteiger partial charge in [-0.3, -0.25) is 4.18 Å². The predicted molar refractivity (Wildman–Crippen MR) is 85.7 cm³/mol. The highest BCUT2D eigenvalue weighted by Gasteiger charge is 2.65. The first-order valence-electron chi connectivity index (χ1n) is 8.37. The molecule has 3 saturated heterocycles. The van der Waals surface area contributed by atoms with Gasteiger partial charge in [0.1, 0.15) is 24.9 Å². The molecule has 3 rings (SSSR count). The molecule has 0 aromatic heterocycles. The van der Waals surface area contributed by atoms with Gasteiger partial charge in [-0.15, -0.1) is 0 Å². The van der Waals surface area contributed by atoms with Crippen molar-refractivity contribution in [2.24, 2.45) is 0 Å². The van der Waals surface area contributed by atoms with Gasteiger partial charge in [0.05, 0.1) is 6.61 Å². The van der Waals surface area contributed by atoms with E-state index >= 15 is 0 Å². The SMILES string of the molecule is CC(C)NS(=O)(=O)OC[C@@]12OC[C@H]3OC(C)(C)O[C@H]3[C@@H]1OC(C)(C)O2. The molecule has 3 aliphatic rings. The summed E-state index contributed by atoms with van der Waals surface area (Å²) < 4.78 is 61.0. The van der Waals surface area contributed by atoms with Gasteiger partial charge >= 0.3 is 10.3 Å². The molecule has 4 atom stereocenters. The third-order valence-corrected chi connectivity index (χ3v) is 5.26. The molecule has 9 nitrogen and oxygen atoms in total. The Morgan fingerprint density at radius 3 is 2.44 bits per heavy atom. The summed E-state index contributed by atoms with van der Waals surface area (Å²) in [6.45, 7) is 10.3. The molecule has 3 heterocycles. The summed E-state index contributed by atoms with van der Waals surface area (Å²) in [5.41, 5.74) is 0. The molecule has 0 unspecified atom stereocenters. The number of ether oxygens (including phenoxy) is 5. The fourth-order valence-electron chi connectivity index (χ4n) is 3.43. The van der Waals surface area contributed by atoms with Crippen LogP contribution in [-0.2, 0) is 38.2 Å². The van der Waals surface area contributed by atoms with E-state index < -0.39 is 39.9 Å². The van der Waals surface area contributed by atoms with Gasteiger partial charge in [-0.25, -0.2) is 0 Å². The van der Waals surface area contributed by atoms with Gasteiger partial charge in [-0.05, 0) is 41.5 Å². The number of rotatable bonds is 5. The molecule has 0 bridgehead atoms. The van der Waals surface area contributed by atoms with Crippen LogP contribution >= 0.6 is 0 Å². The van der Waals surface area contributed by atoms with Crippen LogP contribution in [0, 0.1) is 0 Å². The summed E-state index contributed by atoms with van der Waals surface area (Å²) in [5, 5.41) is 0. The Morgan fingerprint density at radius 2 is 1.80 bits per heavy atom. The van der Waals surface area contributed by atoms with E-state index in [-0.39, 0.29) is 25.4 Å². The minimum absolute atomic E-state index is 0.186. The van der Waals surface area contributed by atoms with E-state index in [0.717, 1.165) is 0 Å². The van der Waals surface area contributed by atoms with Gasteiger partial charge in [0.2, 0.25) is 5.79 Å². The Labute approximate surface area is 148 Å². The largest absolute Gasteiger partial charge is 0.343 e. The van der Waals surface area contributed by atoms with Crippen LogP contribution in [0.15, 0.2) is 0 Å². The first kappa shape index (κ1) is 19.4.